The fraction of sp³-hybridized carbons (Fsp3) is 0.400. The number of ether oxygens (including phenoxy) is 3. The van der Waals surface area contributed by atoms with Gasteiger partial charge in [-0.05, 0) is 30.5 Å². The van der Waals surface area contributed by atoms with Crippen LogP contribution in [-0.2, 0) is 14.2 Å². The van der Waals surface area contributed by atoms with Crippen LogP contribution < -0.4 is 0 Å². The first kappa shape index (κ1) is 16.8. The van der Waals surface area contributed by atoms with Crippen LogP contribution >= 0.6 is 0 Å². The largest absolute Gasteiger partial charge is 0.511 e. The van der Waals surface area contributed by atoms with Crippen LogP contribution in [0, 0.1) is 10.1 Å². The lowest BCUT2D eigenvalue weighted by atomic mass is 10.1. The molecule has 1 atom stereocenters. The molecule has 8 heteroatoms. The summed E-state index contributed by atoms with van der Waals surface area (Å²) in [5, 5.41) is 18.5. The van der Waals surface area contributed by atoms with Crippen molar-refractivity contribution in [2.75, 3.05) is 13.2 Å². The lowest BCUT2D eigenvalue weighted by Gasteiger charge is -2.08. The Morgan fingerprint density at radius 3 is 2.52 bits per heavy atom. The van der Waals surface area contributed by atoms with Gasteiger partial charge in [-0.2, -0.15) is 0 Å². The normalized spacial score (nSPS) is 19.1. The third kappa shape index (κ3) is 5.26. The molecule has 0 bridgehead atoms. The molecule has 8 nitrogen and oxygen atoms in total. The van der Waals surface area contributed by atoms with Crippen molar-refractivity contribution in [3.8, 4) is 0 Å². The number of non-ortho nitro benzene ring substituents is 1. The van der Waals surface area contributed by atoms with E-state index in [-0.39, 0.29) is 16.7 Å². The van der Waals surface area contributed by atoms with Gasteiger partial charge in [0.1, 0.15) is 12.0 Å². The molecule has 23 heavy (non-hydrogen) atoms. The maximum absolute atomic E-state index is 10.4. The average Bonchev–Trinajstić information content (AvgIpc) is 3.20. The van der Waals surface area contributed by atoms with E-state index in [2.05, 4.69) is 4.74 Å². The first-order chi connectivity index (χ1) is 11.1. The Morgan fingerprint density at radius 1 is 1.30 bits per heavy atom. The molecular weight excluding hydrogens is 306 g/mol. The van der Waals surface area contributed by atoms with Gasteiger partial charge in [0.2, 0.25) is 0 Å². The minimum atomic E-state index is -1.29. The first-order valence-corrected chi connectivity index (χ1v) is 7.13. The molecule has 2 aliphatic rings. The first-order valence-electron chi connectivity index (χ1n) is 7.13. The SMILES string of the molecule is O=C(O)OC1=COCC1.O=[N+]([O-])c1ccc(C2CCCO2)cc1. The van der Waals surface area contributed by atoms with Gasteiger partial charge in [-0.15, -0.1) is 0 Å². The molecule has 2 heterocycles. The zero-order chi connectivity index (χ0) is 16.7. The monoisotopic (exact) mass is 323 g/mol. The fourth-order valence-corrected chi connectivity index (χ4v) is 2.21. The maximum Gasteiger partial charge on any atom is 0.511 e. The van der Waals surface area contributed by atoms with Crippen molar-refractivity contribution < 1.29 is 29.0 Å². The second-order valence-corrected chi connectivity index (χ2v) is 4.92. The van der Waals surface area contributed by atoms with Crippen molar-refractivity contribution in [1.82, 2.24) is 0 Å². The summed E-state index contributed by atoms with van der Waals surface area (Å²) in [5.74, 6) is 0.377. The minimum absolute atomic E-state index is 0.131. The summed E-state index contributed by atoms with van der Waals surface area (Å²) in [6.07, 6.45) is 2.79. The van der Waals surface area contributed by atoms with Gasteiger partial charge in [-0.1, -0.05) is 0 Å². The summed E-state index contributed by atoms with van der Waals surface area (Å²) in [5.41, 5.74) is 1.17. The van der Waals surface area contributed by atoms with Gasteiger partial charge in [0.05, 0.1) is 17.6 Å². The zero-order valence-electron chi connectivity index (χ0n) is 12.3. The van der Waals surface area contributed by atoms with E-state index in [1.807, 2.05) is 0 Å². The second-order valence-electron chi connectivity index (χ2n) is 4.92. The quantitative estimate of drug-likeness (QED) is 0.516. The Bertz CT molecular complexity index is 576. The van der Waals surface area contributed by atoms with E-state index in [9.17, 15) is 14.9 Å². The van der Waals surface area contributed by atoms with E-state index in [1.54, 1.807) is 12.1 Å². The highest BCUT2D eigenvalue weighted by Gasteiger charge is 2.18. The van der Waals surface area contributed by atoms with Crippen molar-refractivity contribution in [2.45, 2.75) is 25.4 Å². The van der Waals surface area contributed by atoms with Crippen molar-refractivity contribution in [1.29, 1.82) is 0 Å². The minimum Gasteiger partial charge on any atom is -0.497 e. The second kappa shape index (κ2) is 8.14. The smallest absolute Gasteiger partial charge is 0.497 e. The molecule has 0 aliphatic carbocycles. The Morgan fingerprint density at radius 2 is 2.04 bits per heavy atom. The standard InChI is InChI=1S/C10H11NO3.C5H6O4/c12-11(13)9-5-3-8(4-6-9)10-2-1-7-14-10;6-5(7)9-4-1-2-8-3-4/h3-6,10H,1-2,7H2;3H,1-2H2,(H,6,7). The van der Waals surface area contributed by atoms with Crippen LogP contribution in [0.25, 0.3) is 0 Å². The number of hydrogen-bond donors (Lipinski definition) is 1. The van der Waals surface area contributed by atoms with Crippen molar-refractivity contribution in [3.05, 3.63) is 52.0 Å². The van der Waals surface area contributed by atoms with Crippen LogP contribution in [0.5, 0.6) is 0 Å². The molecule has 1 saturated heterocycles. The molecule has 1 fully saturated rings. The van der Waals surface area contributed by atoms with Gasteiger partial charge in [0.25, 0.3) is 5.69 Å². The van der Waals surface area contributed by atoms with E-state index in [0.717, 1.165) is 25.0 Å². The van der Waals surface area contributed by atoms with Gasteiger partial charge in [-0.3, -0.25) is 10.1 Å². The lowest BCUT2D eigenvalue weighted by molar-refractivity contribution is -0.384. The Balaban J connectivity index is 0.000000185. The molecule has 0 spiro atoms. The highest BCUT2D eigenvalue weighted by Crippen LogP contribution is 2.29. The number of rotatable bonds is 3. The summed E-state index contributed by atoms with van der Waals surface area (Å²) >= 11 is 0. The molecule has 1 unspecified atom stereocenters. The predicted octanol–water partition coefficient (Wildman–Crippen LogP) is 3.39. The summed E-state index contributed by atoms with van der Waals surface area (Å²) in [6, 6.07) is 6.59. The molecule has 0 radical (unpaired) electrons. The number of nitro groups is 1. The summed E-state index contributed by atoms with van der Waals surface area (Å²) in [6.45, 7) is 1.31. The number of carbonyl (C=O) groups is 1. The average molecular weight is 323 g/mol. The third-order valence-electron chi connectivity index (χ3n) is 3.30. The molecule has 0 aromatic heterocycles. The van der Waals surface area contributed by atoms with Gasteiger partial charge in [0.15, 0.2) is 0 Å². The topological polar surface area (TPSA) is 108 Å². The summed E-state index contributed by atoms with van der Waals surface area (Å²) in [4.78, 5) is 19.9. The van der Waals surface area contributed by atoms with Crippen LogP contribution in [0.4, 0.5) is 10.5 Å². The van der Waals surface area contributed by atoms with Gasteiger partial charge in [0, 0.05) is 25.2 Å². The van der Waals surface area contributed by atoms with Gasteiger partial charge < -0.3 is 19.3 Å². The van der Waals surface area contributed by atoms with E-state index >= 15 is 0 Å². The van der Waals surface area contributed by atoms with Crippen molar-refractivity contribution in [3.63, 3.8) is 0 Å². The molecule has 3 rings (SSSR count). The number of carboxylic acid groups (broad SMARTS) is 1. The van der Waals surface area contributed by atoms with Crippen LogP contribution in [0.15, 0.2) is 36.3 Å². The fourth-order valence-electron chi connectivity index (χ4n) is 2.21. The van der Waals surface area contributed by atoms with E-state index in [4.69, 9.17) is 14.6 Å². The van der Waals surface area contributed by atoms with E-state index in [1.165, 1.54) is 18.4 Å². The number of hydrogen-bond acceptors (Lipinski definition) is 6. The van der Waals surface area contributed by atoms with Gasteiger partial charge in [-0.25, -0.2) is 4.79 Å². The number of nitrogens with zero attached hydrogens (tertiary/aromatic N) is 1. The Labute approximate surface area is 132 Å². The highest BCUT2D eigenvalue weighted by molar-refractivity contribution is 5.58. The molecule has 1 aromatic rings. The van der Waals surface area contributed by atoms with E-state index < -0.39 is 6.16 Å². The van der Waals surface area contributed by atoms with E-state index in [0.29, 0.717) is 18.8 Å². The van der Waals surface area contributed by atoms with Crippen LogP contribution in [0.1, 0.15) is 30.9 Å². The van der Waals surface area contributed by atoms with Crippen molar-refractivity contribution >= 4 is 11.8 Å². The maximum atomic E-state index is 10.4. The van der Waals surface area contributed by atoms with Crippen LogP contribution in [-0.4, -0.2) is 29.4 Å². The lowest BCUT2D eigenvalue weighted by Crippen LogP contribution is -1.97. The molecule has 1 N–H and O–H groups in total. The van der Waals surface area contributed by atoms with Crippen molar-refractivity contribution in [2.24, 2.45) is 0 Å². The third-order valence-corrected chi connectivity index (χ3v) is 3.30. The highest BCUT2D eigenvalue weighted by atomic mass is 16.7. The Kier molecular flexibility index (Phi) is 5.93. The predicted molar refractivity (Wildman–Crippen MR) is 78.8 cm³/mol. The molecule has 0 saturated carbocycles. The van der Waals surface area contributed by atoms with Crippen LogP contribution in [0.3, 0.4) is 0 Å². The number of benzene rings is 1. The molecule has 124 valence electrons. The summed E-state index contributed by atoms with van der Waals surface area (Å²) < 4.78 is 14.4. The van der Waals surface area contributed by atoms with Gasteiger partial charge >= 0.3 is 6.16 Å². The number of nitro benzene ring substituents is 1. The van der Waals surface area contributed by atoms with Crippen LogP contribution in [0.2, 0.25) is 0 Å². The molecule has 0 amide bonds. The molecule has 2 aliphatic heterocycles. The Hall–Kier alpha value is -2.61. The zero-order valence-corrected chi connectivity index (χ0v) is 12.3. The molecule has 1 aromatic carbocycles. The molecular formula is C15H17NO7. The summed E-state index contributed by atoms with van der Waals surface area (Å²) in [7, 11) is 0.